The van der Waals surface area contributed by atoms with Crippen molar-refractivity contribution in [3.05, 3.63) is 0 Å². The second kappa shape index (κ2) is 8.20. The van der Waals surface area contributed by atoms with Crippen molar-refractivity contribution >= 4 is 16.1 Å². The lowest BCUT2D eigenvalue weighted by molar-refractivity contribution is 0.00281. The summed E-state index contributed by atoms with van der Waals surface area (Å²) in [5.74, 6) is 0.0740. The molecular formula is C16H28N2O6S. The molecule has 2 saturated heterocycles. The lowest BCUT2D eigenvalue weighted by Crippen LogP contribution is -2.45. The molecular weight excluding hydrogens is 348 g/mol. The van der Waals surface area contributed by atoms with Crippen LogP contribution in [-0.4, -0.2) is 63.9 Å². The quantitative estimate of drug-likeness (QED) is 0.714. The van der Waals surface area contributed by atoms with E-state index in [0.717, 1.165) is 25.7 Å². The van der Waals surface area contributed by atoms with E-state index in [2.05, 4.69) is 10.0 Å². The van der Waals surface area contributed by atoms with Crippen LogP contribution in [0.2, 0.25) is 0 Å². The third-order valence-corrected chi connectivity index (χ3v) is 6.60. The van der Waals surface area contributed by atoms with Gasteiger partial charge in [0.25, 0.3) is 0 Å². The number of nitrogens with one attached hydrogen (secondary N) is 2. The molecule has 2 N–H and O–H groups in total. The van der Waals surface area contributed by atoms with Crippen LogP contribution in [0.15, 0.2) is 0 Å². The van der Waals surface area contributed by atoms with E-state index in [1.165, 1.54) is 6.42 Å². The number of carbonyl (C=O) groups is 1. The highest BCUT2D eigenvalue weighted by Gasteiger charge is 2.50. The highest BCUT2D eigenvalue weighted by Crippen LogP contribution is 2.29. The Morgan fingerprint density at radius 3 is 2.56 bits per heavy atom. The SMILES string of the molecule is CCCS(=O)(=O)NC1COC2C(OC(=O)NC3CCCCC3)COC12. The zero-order chi connectivity index (χ0) is 17.9. The molecule has 1 saturated carbocycles. The van der Waals surface area contributed by atoms with E-state index in [0.29, 0.717) is 6.42 Å². The van der Waals surface area contributed by atoms with Crippen molar-refractivity contribution in [2.45, 2.75) is 75.8 Å². The minimum absolute atomic E-state index is 0.0740. The molecule has 8 nitrogen and oxygen atoms in total. The molecule has 3 fully saturated rings. The molecule has 0 spiro atoms. The summed E-state index contributed by atoms with van der Waals surface area (Å²) in [5, 5.41) is 2.91. The van der Waals surface area contributed by atoms with Gasteiger partial charge in [-0.1, -0.05) is 26.2 Å². The van der Waals surface area contributed by atoms with Gasteiger partial charge in [-0.15, -0.1) is 0 Å². The van der Waals surface area contributed by atoms with Gasteiger partial charge in [0.15, 0.2) is 6.10 Å². The Labute approximate surface area is 149 Å². The van der Waals surface area contributed by atoms with Gasteiger partial charge in [0.1, 0.15) is 12.2 Å². The summed E-state index contributed by atoms with van der Waals surface area (Å²) < 4.78 is 43.3. The van der Waals surface area contributed by atoms with E-state index < -0.39 is 40.5 Å². The Kier molecular flexibility index (Phi) is 6.19. The van der Waals surface area contributed by atoms with Gasteiger partial charge in [-0.3, -0.25) is 0 Å². The van der Waals surface area contributed by atoms with E-state index >= 15 is 0 Å². The van der Waals surface area contributed by atoms with Gasteiger partial charge in [-0.2, -0.15) is 0 Å². The smallest absolute Gasteiger partial charge is 0.407 e. The summed E-state index contributed by atoms with van der Waals surface area (Å²) in [6, 6.07) is -0.256. The molecule has 2 heterocycles. The van der Waals surface area contributed by atoms with E-state index in [4.69, 9.17) is 14.2 Å². The summed E-state index contributed by atoms with van der Waals surface area (Å²) in [6.45, 7) is 2.26. The highest BCUT2D eigenvalue weighted by molar-refractivity contribution is 7.89. The van der Waals surface area contributed by atoms with Crippen LogP contribution in [0.5, 0.6) is 0 Å². The zero-order valence-corrected chi connectivity index (χ0v) is 15.4. The first kappa shape index (κ1) is 18.9. The molecule has 1 amide bonds. The average molecular weight is 376 g/mol. The summed E-state index contributed by atoms with van der Waals surface area (Å²) in [5.41, 5.74) is 0. The van der Waals surface area contributed by atoms with Crippen LogP contribution >= 0.6 is 0 Å². The Morgan fingerprint density at radius 1 is 1.12 bits per heavy atom. The fraction of sp³-hybridized carbons (Fsp3) is 0.938. The number of alkyl carbamates (subject to hydrolysis) is 1. The standard InChI is InChI=1S/C16H28N2O6S/c1-2-8-25(20,21)18-12-9-22-15-13(10-23-14(12)15)24-16(19)17-11-6-4-3-5-7-11/h11-15,18H,2-10H2,1H3,(H,17,19). The average Bonchev–Trinajstić information content (AvgIpc) is 3.12. The molecule has 144 valence electrons. The first-order valence-electron chi connectivity index (χ1n) is 9.19. The molecule has 9 heteroatoms. The molecule has 0 bridgehead atoms. The van der Waals surface area contributed by atoms with Crippen molar-refractivity contribution < 1.29 is 27.4 Å². The lowest BCUT2D eigenvalue weighted by atomic mass is 9.96. The van der Waals surface area contributed by atoms with Gasteiger partial charge < -0.3 is 19.5 Å². The zero-order valence-electron chi connectivity index (χ0n) is 14.6. The molecule has 0 aromatic carbocycles. The van der Waals surface area contributed by atoms with Crippen molar-refractivity contribution in [2.75, 3.05) is 19.0 Å². The first-order chi connectivity index (χ1) is 12.0. The molecule has 2 aliphatic heterocycles. The Balaban J connectivity index is 1.49. The van der Waals surface area contributed by atoms with Crippen molar-refractivity contribution in [3.63, 3.8) is 0 Å². The fourth-order valence-electron chi connectivity index (χ4n) is 3.81. The highest BCUT2D eigenvalue weighted by atomic mass is 32.2. The van der Waals surface area contributed by atoms with Crippen LogP contribution in [0.3, 0.4) is 0 Å². The normalized spacial score (nSPS) is 33.2. The van der Waals surface area contributed by atoms with Crippen LogP contribution in [-0.2, 0) is 24.2 Å². The summed E-state index contributed by atoms with van der Waals surface area (Å²) in [4.78, 5) is 12.1. The number of rotatable bonds is 6. The second-order valence-corrected chi connectivity index (χ2v) is 8.94. The fourth-order valence-corrected chi connectivity index (χ4v) is 5.13. The molecule has 0 aromatic heterocycles. The van der Waals surface area contributed by atoms with Gasteiger partial charge >= 0.3 is 6.09 Å². The van der Waals surface area contributed by atoms with Crippen LogP contribution in [0, 0.1) is 0 Å². The molecule has 3 aliphatic rings. The molecule has 1 aliphatic carbocycles. The number of carbonyl (C=O) groups excluding carboxylic acids is 1. The second-order valence-electron chi connectivity index (χ2n) is 7.06. The Bertz CT molecular complexity index is 563. The number of hydrogen-bond donors (Lipinski definition) is 2. The minimum atomic E-state index is -3.34. The third kappa shape index (κ3) is 4.84. The van der Waals surface area contributed by atoms with E-state index in [-0.39, 0.29) is 25.0 Å². The van der Waals surface area contributed by atoms with Crippen molar-refractivity contribution in [2.24, 2.45) is 0 Å². The van der Waals surface area contributed by atoms with Gasteiger partial charge in [-0.05, 0) is 19.3 Å². The van der Waals surface area contributed by atoms with Crippen LogP contribution in [0.1, 0.15) is 45.4 Å². The van der Waals surface area contributed by atoms with Gasteiger partial charge in [-0.25, -0.2) is 17.9 Å². The van der Waals surface area contributed by atoms with Gasteiger partial charge in [0.2, 0.25) is 10.0 Å². The molecule has 25 heavy (non-hydrogen) atoms. The van der Waals surface area contributed by atoms with Crippen molar-refractivity contribution in [1.82, 2.24) is 10.0 Å². The lowest BCUT2D eigenvalue weighted by Gasteiger charge is -2.24. The Hall–Kier alpha value is -0.900. The molecule has 0 aromatic rings. The van der Waals surface area contributed by atoms with E-state index in [9.17, 15) is 13.2 Å². The maximum atomic E-state index is 12.1. The topological polar surface area (TPSA) is 103 Å². The molecule has 3 rings (SSSR count). The number of amides is 1. The number of ether oxygens (including phenoxy) is 3. The monoisotopic (exact) mass is 376 g/mol. The van der Waals surface area contributed by atoms with E-state index in [1.807, 2.05) is 6.92 Å². The predicted octanol–water partition coefficient (Wildman–Crippen LogP) is 0.910. The van der Waals surface area contributed by atoms with Gasteiger partial charge in [0.05, 0.1) is 25.0 Å². The van der Waals surface area contributed by atoms with Crippen molar-refractivity contribution in [1.29, 1.82) is 0 Å². The summed E-state index contributed by atoms with van der Waals surface area (Å²) >= 11 is 0. The van der Waals surface area contributed by atoms with Crippen LogP contribution < -0.4 is 10.0 Å². The minimum Gasteiger partial charge on any atom is -0.441 e. The molecule has 4 unspecified atom stereocenters. The third-order valence-electron chi connectivity index (χ3n) is 5.00. The summed E-state index contributed by atoms with van der Waals surface area (Å²) in [7, 11) is -3.34. The van der Waals surface area contributed by atoms with Crippen LogP contribution in [0.4, 0.5) is 4.79 Å². The number of hydrogen-bond acceptors (Lipinski definition) is 6. The van der Waals surface area contributed by atoms with Gasteiger partial charge in [0, 0.05) is 6.04 Å². The van der Waals surface area contributed by atoms with E-state index in [1.54, 1.807) is 0 Å². The van der Waals surface area contributed by atoms with Crippen molar-refractivity contribution in [3.8, 4) is 0 Å². The number of sulfonamides is 1. The largest absolute Gasteiger partial charge is 0.441 e. The maximum Gasteiger partial charge on any atom is 0.407 e. The maximum absolute atomic E-state index is 12.1. The molecule has 4 atom stereocenters. The molecule has 0 radical (unpaired) electrons. The van der Waals surface area contributed by atoms with Crippen LogP contribution in [0.25, 0.3) is 0 Å². The first-order valence-corrected chi connectivity index (χ1v) is 10.8. The predicted molar refractivity (Wildman–Crippen MR) is 90.8 cm³/mol. The summed E-state index contributed by atoms with van der Waals surface area (Å²) in [6.07, 6.45) is 4.21. The Morgan fingerprint density at radius 2 is 1.84 bits per heavy atom. The number of fused-ring (bicyclic) bond motifs is 1.